The number of nitrogens with one attached hydrogen (secondary N) is 1. The van der Waals surface area contributed by atoms with Crippen molar-refractivity contribution in [3.63, 3.8) is 0 Å². The maximum Gasteiger partial charge on any atom is 0.241 e. The van der Waals surface area contributed by atoms with Crippen LogP contribution in [-0.2, 0) is 22.4 Å². The van der Waals surface area contributed by atoms with E-state index in [2.05, 4.69) is 11.4 Å². The van der Waals surface area contributed by atoms with Crippen LogP contribution in [0, 0.1) is 0 Å². The van der Waals surface area contributed by atoms with E-state index in [4.69, 9.17) is 0 Å². The second-order valence-electron chi connectivity index (χ2n) is 6.98. The first-order valence-corrected chi connectivity index (χ1v) is 9.33. The Morgan fingerprint density at radius 1 is 0.920 bits per heavy atom. The summed E-state index contributed by atoms with van der Waals surface area (Å²) in [6, 6.07) is 5.92. The summed E-state index contributed by atoms with van der Waals surface area (Å²) < 4.78 is 0. The van der Waals surface area contributed by atoms with Gasteiger partial charge in [0.05, 0.1) is 6.54 Å². The van der Waals surface area contributed by atoms with Crippen LogP contribution in [0.2, 0.25) is 0 Å². The molecule has 3 rings (SSSR count). The predicted molar refractivity (Wildman–Crippen MR) is 95.5 cm³/mol. The second kappa shape index (κ2) is 8.28. The average Bonchev–Trinajstić information content (AvgIpc) is 3.18. The molecular formula is C20H26N2O3. The number of likely N-dealkylation sites (tertiary alicyclic amines) is 1. The van der Waals surface area contributed by atoms with Crippen LogP contribution in [0.3, 0.4) is 0 Å². The number of hydrogen-bond acceptors (Lipinski definition) is 3. The van der Waals surface area contributed by atoms with Crippen molar-refractivity contribution >= 4 is 17.6 Å². The maximum absolute atomic E-state index is 12.3. The molecule has 1 N–H and O–H groups in total. The van der Waals surface area contributed by atoms with Crippen molar-refractivity contribution in [1.29, 1.82) is 0 Å². The van der Waals surface area contributed by atoms with Gasteiger partial charge in [0.25, 0.3) is 0 Å². The van der Waals surface area contributed by atoms with Gasteiger partial charge in [-0.3, -0.25) is 14.4 Å². The van der Waals surface area contributed by atoms with E-state index < -0.39 is 0 Å². The number of nitrogens with zero attached hydrogens (tertiary/aromatic N) is 1. The number of Topliss-reactive ketones (excluding diaryl/α,β-unsaturated/α-hetero) is 1. The Morgan fingerprint density at radius 3 is 2.40 bits per heavy atom. The quantitative estimate of drug-likeness (QED) is 0.807. The van der Waals surface area contributed by atoms with Crippen molar-refractivity contribution in [3.05, 3.63) is 34.9 Å². The highest BCUT2D eigenvalue weighted by atomic mass is 16.2. The summed E-state index contributed by atoms with van der Waals surface area (Å²) in [4.78, 5) is 37.9. The molecule has 1 aliphatic heterocycles. The highest BCUT2D eigenvalue weighted by Gasteiger charge is 2.18. The van der Waals surface area contributed by atoms with Gasteiger partial charge < -0.3 is 10.2 Å². The summed E-state index contributed by atoms with van der Waals surface area (Å²) in [5, 5.41) is 2.63. The fraction of sp³-hybridized carbons (Fsp3) is 0.550. The highest BCUT2D eigenvalue weighted by molar-refractivity contribution is 5.98. The van der Waals surface area contributed by atoms with Gasteiger partial charge in [0.15, 0.2) is 5.78 Å². The monoisotopic (exact) mass is 342 g/mol. The van der Waals surface area contributed by atoms with E-state index in [0.717, 1.165) is 38.8 Å². The number of fused-ring (bicyclic) bond motifs is 1. The van der Waals surface area contributed by atoms with Crippen molar-refractivity contribution in [3.8, 4) is 0 Å². The van der Waals surface area contributed by atoms with Gasteiger partial charge in [-0.15, -0.1) is 0 Å². The van der Waals surface area contributed by atoms with Crippen molar-refractivity contribution in [2.75, 3.05) is 19.6 Å². The predicted octanol–water partition coefficient (Wildman–Crippen LogP) is 2.27. The summed E-state index contributed by atoms with van der Waals surface area (Å²) in [6.07, 6.45) is 6.91. The third-order valence-electron chi connectivity index (χ3n) is 5.15. The lowest BCUT2D eigenvalue weighted by atomic mass is 9.89. The van der Waals surface area contributed by atoms with Crippen LogP contribution < -0.4 is 5.32 Å². The summed E-state index contributed by atoms with van der Waals surface area (Å²) >= 11 is 0. The van der Waals surface area contributed by atoms with Gasteiger partial charge >= 0.3 is 0 Å². The Kier molecular flexibility index (Phi) is 5.84. The second-order valence-corrected chi connectivity index (χ2v) is 6.98. The average molecular weight is 342 g/mol. The zero-order valence-electron chi connectivity index (χ0n) is 14.7. The van der Waals surface area contributed by atoms with E-state index in [1.807, 2.05) is 12.1 Å². The lowest BCUT2D eigenvalue weighted by Gasteiger charge is -2.16. The molecule has 0 bridgehead atoms. The Hall–Kier alpha value is -2.17. The van der Waals surface area contributed by atoms with E-state index in [9.17, 15) is 14.4 Å². The molecule has 2 amide bonds. The molecule has 0 radical (unpaired) electrons. The van der Waals surface area contributed by atoms with Crippen molar-refractivity contribution in [2.45, 2.75) is 51.4 Å². The van der Waals surface area contributed by atoms with Crippen LogP contribution in [0.4, 0.5) is 0 Å². The Morgan fingerprint density at radius 2 is 1.64 bits per heavy atom. The number of amides is 2. The van der Waals surface area contributed by atoms with Crippen LogP contribution in [0.25, 0.3) is 0 Å². The minimum absolute atomic E-state index is 0.00519. The first-order chi connectivity index (χ1) is 12.1. The zero-order chi connectivity index (χ0) is 17.6. The molecule has 1 saturated heterocycles. The van der Waals surface area contributed by atoms with Gasteiger partial charge in [0.2, 0.25) is 11.8 Å². The maximum atomic E-state index is 12.3. The summed E-state index contributed by atoms with van der Waals surface area (Å²) in [6.45, 7) is 1.60. The molecular weight excluding hydrogens is 316 g/mol. The SMILES string of the molecule is O=C(CCC(=O)c1ccc2c(c1)CCCC2)NCC(=O)N1CCCC1. The largest absolute Gasteiger partial charge is 0.347 e. The fourth-order valence-corrected chi connectivity index (χ4v) is 3.62. The topological polar surface area (TPSA) is 66.5 Å². The molecule has 25 heavy (non-hydrogen) atoms. The van der Waals surface area contributed by atoms with Crippen molar-refractivity contribution < 1.29 is 14.4 Å². The van der Waals surface area contributed by atoms with Gasteiger partial charge in [-0.05, 0) is 55.7 Å². The molecule has 1 heterocycles. The molecule has 5 nitrogen and oxygen atoms in total. The van der Waals surface area contributed by atoms with Crippen LogP contribution in [-0.4, -0.2) is 42.1 Å². The molecule has 1 aliphatic carbocycles. The molecule has 1 fully saturated rings. The van der Waals surface area contributed by atoms with Crippen molar-refractivity contribution in [2.24, 2.45) is 0 Å². The molecule has 2 aliphatic rings. The molecule has 1 aromatic carbocycles. The highest BCUT2D eigenvalue weighted by Crippen LogP contribution is 2.22. The minimum Gasteiger partial charge on any atom is -0.347 e. The summed E-state index contributed by atoms with van der Waals surface area (Å²) in [5.41, 5.74) is 3.32. The summed E-state index contributed by atoms with van der Waals surface area (Å²) in [5.74, 6) is -0.278. The first-order valence-electron chi connectivity index (χ1n) is 9.33. The van der Waals surface area contributed by atoms with Gasteiger partial charge in [-0.25, -0.2) is 0 Å². The number of aryl methyl sites for hydroxylation is 2. The Labute approximate surface area is 148 Å². The van der Waals surface area contributed by atoms with Gasteiger partial charge in [0, 0.05) is 31.5 Å². The zero-order valence-corrected chi connectivity index (χ0v) is 14.7. The van der Waals surface area contributed by atoms with Gasteiger partial charge in [-0.2, -0.15) is 0 Å². The number of benzene rings is 1. The standard InChI is InChI=1S/C20H26N2O3/c23-18(17-8-7-15-5-1-2-6-16(15)13-17)9-10-19(24)21-14-20(25)22-11-3-4-12-22/h7-8,13H,1-6,9-12,14H2,(H,21,24). The first kappa shape index (κ1) is 17.6. The number of rotatable bonds is 6. The molecule has 134 valence electrons. The molecule has 0 spiro atoms. The number of ketones is 1. The Balaban J connectivity index is 1.43. The van der Waals surface area contributed by atoms with Gasteiger partial charge in [0.1, 0.15) is 0 Å². The Bertz CT molecular complexity index is 663. The number of carbonyl (C=O) groups is 3. The van der Waals surface area contributed by atoms with E-state index in [1.54, 1.807) is 4.90 Å². The van der Waals surface area contributed by atoms with E-state index in [-0.39, 0.29) is 37.0 Å². The number of carbonyl (C=O) groups excluding carboxylic acids is 3. The molecule has 1 aromatic rings. The minimum atomic E-state index is -0.237. The van der Waals surface area contributed by atoms with Crippen LogP contribution >= 0.6 is 0 Å². The number of hydrogen-bond donors (Lipinski definition) is 1. The van der Waals surface area contributed by atoms with Crippen LogP contribution in [0.1, 0.15) is 60.0 Å². The van der Waals surface area contributed by atoms with Crippen molar-refractivity contribution in [1.82, 2.24) is 10.2 Å². The smallest absolute Gasteiger partial charge is 0.241 e. The third-order valence-corrected chi connectivity index (χ3v) is 5.15. The fourth-order valence-electron chi connectivity index (χ4n) is 3.62. The van der Waals surface area contributed by atoms with Crippen LogP contribution in [0.5, 0.6) is 0 Å². The molecule has 0 saturated carbocycles. The van der Waals surface area contributed by atoms with Crippen LogP contribution in [0.15, 0.2) is 18.2 Å². The summed E-state index contributed by atoms with van der Waals surface area (Å²) in [7, 11) is 0. The molecule has 0 aromatic heterocycles. The normalized spacial score (nSPS) is 16.4. The molecule has 0 atom stereocenters. The third kappa shape index (κ3) is 4.68. The lowest BCUT2D eigenvalue weighted by Crippen LogP contribution is -2.38. The lowest BCUT2D eigenvalue weighted by molar-refractivity contribution is -0.132. The van der Waals surface area contributed by atoms with Gasteiger partial charge in [-0.1, -0.05) is 12.1 Å². The van der Waals surface area contributed by atoms with E-state index in [0.29, 0.717) is 5.56 Å². The van der Waals surface area contributed by atoms with E-state index in [1.165, 1.54) is 24.0 Å². The molecule has 0 unspecified atom stereocenters. The van der Waals surface area contributed by atoms with E-state index >= 15 is 0 Å². The molecule has 5 heteroatoms.